The molecule has 0 bridgehead atoms. The average molecular weight is 288 g/mol. The number of carbonyl (C=O) groups is 1. The molecule has 0 heterocycles. The summed E-state index contributed by atoms with van der Waals surface area (Å²) < 4.78 is 18.0. The molecule has 0 fully saturated rings. The molecule has 0 aliphatic carbocycles. The highest BCUT2D eigenvalue weighted by molar-refractivity contribution is 6.31. The molecule has 5 heteroatoms. The van der Waals surface area contributed by atoms with E-state index in [4.69, 9.17) is 16.3 Å². The lowest BCUT2D eigenvalue weighted by molar-refractivity contribution is -0.143. The van der Waals surface area contributed by atoms with Gasteiger partial charge in [-0.1, -0.05) is 37.6 Å². The molecular weight excluding hydrogens is 269 g/mol. The van der Waals surface area contributed by atoms with E-state index in [2.05, 4.69) is 5.32 Å². The summed E-state index contributed by atoms with van der Waals surface area (Å²) in [6.07, 6.45) is 0.652. The zero-order valence-electron chi connectivity index (χ0n) is 11.4. The summed E-state index contributed by atoms with van der Waals surface area (Å²) in [5, 5.41) is 3.15. The van der Waals surface area contributed by atoms with E-state index >= 15 is 0 Å². The maximum atomic E-state index is 13.3. The van der Waals surface area contributed by atoms with Gasteiger partial charge in [0, 0.05) is 6.54 Å². The van der Waals surface area contributed by atoms with Crippen LogP contribution in [0.1, 0.15) is 25.8 Å². The Labute approximate surface area is 118 Å². The molecule has 1 rings (SSSR count). The van der Waals surface area contributed by atoms with Crippen LogP contribution in [-0.2, 0) is 16.1 Å². The normalized spacial score (nSPS) is 12.5. The molecule has 1 aromatic rings. The average Bonchev–Trinajstić information content (AvgIpc) is 2.37. The van der Waals surface area contributed by atoms with Crippen molar-refractivity contribution in [3.8, 4) is 0 Å². The highest BCUT2D eigenvalue weighted by atomic mass is 35.5. The number of hydrogen-bond donors (Lipinski definition) is 1. The van der Waals surface area contributed by atoms with E-state index in [1.54, 1.807) is 12.1 Å². The lowest BCUT2D eigenvalue weighted by Gasteiger charge is -2.18. The molecule has 1 unspecified atom stereocenters. The fourth-order valence-electron chi connectivity index (χ4n) is 1.79. The summed E-state index contributed by atoms with van der Waals surface area (Å²) in [7, 11) is 1.35. The van der Waals surface area contributed by atoms with Gasteiger partial charge in [-0.2, -0.15) is 0 Å². The first kappa shape index (κ1) is 15.9. The summed E-state index contributed by atoms with van der Waals surface area (Å²) in [5.74, 6) is -0.430. The largest absolute Gasteiger partial charge is 0.468 e. The Hall–Kier alpha value is -1.13. The molecule has 0 spiro atoms. The van der Waals surface area contributed by atoms with Crippen LogP contribution in [0.4, 0.5) is 4.39 Å². The molecule has 0 aliphatic heterocycles. The van der Waals surface area contributed by atoms with Crippen LogP contribution < -0.4 is 5.32 Å². The van der Waals surface area contributed by atoms with Crippen LogP contribution in [0.25, 0.3) is 0 Å². The van der Waals surface area contributed by atoms with Gasteiger partial charge in [0.25, 0.3) is 0 Å². The standard InChI is InChI=1S/C14H19ClFNO2/c1-9(2)7-12(14(18)19-3)17-8-10-5-4-6-11(16)13(10)15/h4-6,9,12,17H,7-8H2,1-3H3. The van der Waals surface area contributed by atoms with Crippen molar-refractivity contribution in [2.75, 3.05) is 7.11 Å². The van der Waals surface area contributed by atoms with Gasteiger partial charge >= 0.3 is 5.97 Å². The number of halogens is 2. The number of rotatable bonds is 6. The number of ether oxygens (including phenoxy) is 1. The van der Waals surface area contributed by atoms with Crippen molar-refractivity contribution < 1.29 is 13.9 Å². The van der Waals surface area contributed by atoms with Crippen molar-refractivity contribution in [2.45, 2.75) is 32.9 Å². The summed E-state index contributed by atoms with van der Waals surface area (Å²) in [6, 6.07) is 4.21. The summed E-state index contributed by atoms with van der Waals surface area (Å²) in [4.78, 5) is 11.6. The molecule has 0 amide bonds. The van der Waals surface area contributed by atoms with Gasteiger partial charge in [0.15, 0.2) is 0 Å². The zero-order chi connectivity index (χ0) is 14.4. The molecule has 0 aliphatic rings. The predicted octanol–water partition coefficient (Wildman–Crippen LogP) is 3.16. The lowest BCUT2D eigenvalue weighted by atomic mass is 10.0. The molecule has 0 saturated heterocycles. The van der Waals surface area contributed by atoms with E-state index in [0.717, 1.165) is 0 Å². The molecule has 1 atom stereocenters. The Morgan fingerprint density at radius 3 is 2.74 bits per heavy atom. The monoisotopic (exact) mass is 287 g/mol. The number of nitrogens with one attached hydrogen (secondary N) is 1. The SMILES string of the molecule is COC(=O)C(CC(C)C)NCc1cccc(F)c1Cl. The van der Waals surface area contributed by atoms with Crippen molar-refractivity contribution in [1.29, 1.82) is 0 Å². The minimum Gasteiger partial charge on any atom is -0.468 e. The quantitative estimate of drug-likeness (QED) is 0.817. The first-order valence-corrected chi connectivity index (χ1v) is 6.57. The Balaban J connectivity index is 2.70. The molecule has 3 nitrogen and oxygen atoms in total. The first-order chi connectivity index (χ1) is 8.95. The van der Waals surface area contributed by atoms with Crippen LogP contribution >= 0.6 is 11.6 Å². The number of hydrogen-bond acceptors (Lipinski definition) is 3. The molecule has 0 radical (unpaired) electrons. The number of methoxy groups -OCH3 is 1. The third-order valence-corrected chi connectivity index (χ3v) is 3.19. The summed E-state index contributed by atoms with van der Waals surface area (Å²) >= 11 is 5.86. The van der Waals surface area contributed by atoms with Gasteiger partial charge in [-0.25, -0.2) is 4.39 Å². The van der Waals surface area contributed by atoms with Gasteiger partial charge in [-0.15, -0.1) is 0 Å². The van der Waals surface area contributed by atoms with Crippen LogP contribution in [0.3, 0.4) is 0 Å². The predicted molar refractivity (Wildman–Crippen MR) is 73.5 cm³/mol. The van der Waals surface area contributed by atoms with Crippen LogP contribution in [0.15, 0.2) is 18.2 Å². The van der Waals surface area contributed by atoms with Gasteiger partial charge in [0.1, 0.15) is 11.9 Å². The van der Waals surface area contributed by atoms with Crippen LogP contribution in [-0.4, -0.2) is 19.1 Å². The maximum absolute atomic E-state index is 13.3. The Kier molecular flexibility index (Phi) is 6.25. The number of benzene rings is 1. The molecule has 1 N–H and O–H groups in total. The molecular formula is C14H19ClFNO2. The van der Waals surface area contributed by atoms with E-state index in [9.17, 15) is 9.18 Å². The van der Waals surface area contributed by atoms with E-state index in [1.807, 2.05) is 13.8 Å². The van der Waals surface area contributed by atoms with E-state index in [-0.39, 0.29) is 11.0 Å². The van der Waals surface area contributed by atoms with Crippen molar-refractivity contribution in [3.05, 3.63) is 34.6 Å². The second-order valence-corrected chi connectivity index (χ2v) is 5.18. The van der Waals surface area contributed by atoms with Crippen molar-refractivity contribution in [1.82, 2.24) is 5.32 Å². The third-order valence-electron chi connectivity index (χ3n) is 2.76. The molecule has 106 valence electrons. The molecule has 0 aromatic heterocycles. The minimum absolute atomic E-state index is 0.0863. The Morgan fingerprint density at radius 2 is 2.16 bits per heavy atom. The third kappa shape index (κ3) is 4.80. The highest BCUT2D eigenvalue weighted by Gasteiger charge is 2.20. The van der Waals surface area contributed by atoms with Gasteiger partial charge in [-0.05, 0) is 24.0 Å². The Bertz CT molecular complexity index is 437. The maximum Gasteiger partial charge on any atom is 0.322 e. The topological polar surface area (TPSA) is 38.3 Å². The summed E-state index contributed by atoms with van der Waals surface area (Å²) in [5.41, 5.74) is 0.624. The fraction of sp³-hybridized carbons (Fsp3) is 0.500. The molecule has 1 aromatic carbocycles. The number of carbonyl (C=O) groups excluding carboxylic acids is 1. The van der Waals surface area contributed by atoms with Gasteiger partial charge in [-0.3, -0.25) is 4.79 Å². The highest BCUT2D eigenvalue weighted by Crippen LogP contribution is 2.19. The van der Waals surface area contributed by atoms with Crippen molar-refractivity contribution >= 4 is 17.6 Å². The van der Waals surface area contributed by atoms with Crippen molar-refractivity contribution in [3.63, 3.8) is 0 Å². The van der Waals surface area contributed by atoms with Crippen LogP contribution in [0.2, 0.25) is 5.02 Å². The van der Waals surface area contributed by atoms with Crippen molar-refractivity contribution in [2.24, 2.45) is 5.92 Å². The van der Waals surface area contributed by atoms with Crippen LogP contribution in [0.5, 0.6) is 0 Å². The lowest BCUT2D eigenvalue weighted by Crippen LogP contribution is -2.38. The van der Waals surface area contributed by atoms with Gasteiger partial charge < -0.3 is 10.1 Å². The second-order valence-electron chi connectivity index (χ2n) is 4.80. The van der Waals surface area contributed by atoms with E-state index < -0.39 is 11.9 Å². The first-order valence-electron chi connectivity index (χ1n) is 6.19. The van der Waals surface area contributed by atoms with Crippen LogP contribution in [0, 0.1) is 11.7 Å². The van der Waals surface area contributed by atoms with E-state index in [0.29, 0.717) is 24.4 Å². The van der Waals surface area contributed by atoms with E-state index in [1.165, 1.54) is 13.2 Å². The van der Waals surface area contributed by atoms with Gasteiger partial charge in [0.05, 0.1) is 12.1 Å². The number of esters is 1. The Morgan fingerprint density at radius 1 is 1.47 bits per heavy atom. The van der Waals surface area contributed by atoms with Gasteiger partial charge in [0.2, 0.25) is 0 Å². The molecule has 19 heavy (non-hydrogen) atoms. The fourth-order valence-corrected chi connectivity index (χ4v) is 1.99. The zero-order valence-corrected chi connectivity index (χ0v) is 12.1. The second kappa shape index (κ2) is 7.46. The smallest absolute Gasteiger partial charge is 0.322 e. The summed E-state index contributed by atoms with van der Waals surface area (Å²) in [6.45, 7) is 4.36. The minimum atomic E-state index is -0.459. The molecule has 0 saturated carbocycles.